The summed E-state index contributed by atoms with van der Waals surface area (Å²) in [6, 6.07) is 3.15. The third kappa shape index (κ3) is 4.35. The molecule has 9 heteroatoms. The number of aliphatic carboxylic acids is 1. The summed E-state index contributed by atoms with van der Waals surface area (Å²) in [5, 5.41) is 10.1. The van der Waals surface area contributed by atoms with Crippen LogP contribution in [0.5, 0.6) is 11.5 Å². The Morgan fingerprint density at radius 2 is 2.20 bits per heavy atom. The molecule has 0 saturated carbocycles. The fourth-order valence-electron chi connectivity index (χ4n) is 1.97. The average molecular weight is 425 g/mol. The number of carboxylic acid groups (broad SMARTS) is 1. The van der Waals surface area contributed by atoms with Gasteiger partial charge in [-0.1, -0.05) is 5.92 Å². The van der Waals surface area contributed by atoms with Gasteiger partial charge in [-0.05, 0) is 51.5 Å². The zero-order chi connectivity index (χ0) is 18.6. The number of terminal acetylenes is 1. The first kappa shape index (κ1) is 18.9. The molecule has 1 aromatic carbocycles. The van der Waals surface area contributed by atoms with Crippen molar-refractivity contribution in [3.8, 4) is 23.8 Å². The molecule has 25 heavy (non-hydrogen) atoms. The predicted molar refractivity (Wildman–Crippen MR) is 92.7 cm³/mol. The van der Waals surface area contributed by atoms with Gasteiger partial charge in [-0.3, -0.25) is 14.5 Å². The number of carboxylic acids is 1. The number of imide groups is 1. The largest absolute Gasteiger partial charge is 0.546 e. The molecular formula is C16H11BrNO6S-. The molecule has 0 unspecified atom stereocenters. The Kier molecular flexibility index (Phi) is 6.12. The van der Waals surface area contributed by atoms with Gasteiger partial charge in [0.25, 0.3) is 11.1 Å². The van der Waals surface area contributed by atoms with E-state index in [4.69, 9.17) is 15.9 Å². The van der Waals surface area contributed by atoms with Crippen LogP contribution in [-0.2, 0) is 9.59 Å². The maximum Gasteiger partial charge on any atom is 0.294 e. The SMILES string of the molecule is C#CCN1C(=O)S/C(=C/c2cc(Br)c(OCC(=O)[O-])c(OC)c2)C1=O. The van der Waals surface area contributed by atoms with Crippen molar-refractivity contribution >= 4 is 50.9 Å². The van der Waals surface area contributed by atoms with Gasteiger partial charge in [-0.15, -0.1) is 6.42 Å². The van der Waals surface area contributed by atoms with Crippen LogP contribution in [0.1, 0.15) is 5.56 Å². The van der Waals surface area contributed by atoms with Gasteiger partial charge in [0.2, 0.25) is 0 Å². The van der Waals surface area contributed by atoms with Crippen LogP contribution in [0, 0.1) is 12.3 Å². The zero-order valence-corrected chi connectivity index (χ0v) is 15.3. The van der Waals surface area contributed by atoms with Crippen molar-refractivity contribution in [2.45, 2.75) is 0 Å². The number of nitrogens with zero attached hydrogens (tertiary/aromatic N) is 1. The number of carbonyl (C=O) groups excluding carboxylic acids is 3. The van der Waals surface area contributed by atoms with Gasteiger partial charge in [-0.2, -0.15) is 0 Å². The van der Waals surface area contributed by atoms with E-state index in [1.165, 1.54) is 13.2 Å². The minimum Gasteiger partial charge on any atom is -0.546 e. The van der Waals surface area contributed by atoms with Crippen molar-refractivity contribution < 1.29 is 29.0 Å². The molecule has 1 aliphatic rings. The van der Waals surface area contributed by atoms with Crippen LogP contribution in [0.4, 0.5) is 4.79 Å². The summed E-state index contributed by atoms with van der Waals surface area (Å²) < 4.78 is 10.7. The molecule has 2 amide bonds. The normalized spacial score (nSPS) is 15.4. The average Bonchev–Trinajstić information content (AvgIpc) is 2.81. The summed E-state index contributed by atoms with van der Waals surface area (Å²) in [6.45, 7) is -0.732. The van der Waals surface area contributed by atoms with Crippen molar-refractivity contribution in [2.75, 3.05) is 20.3 Å². The molecule has 1 aliphatic heterocycles. The van der Waals surface area contributed by atoms with Crippen LogP contribution >= 0.6 is 27.7 Å². The first-order valence-electron chi connectivity index (χ1n) is 6.76. The van der Waals surface area contributed by atoms with E-state index >= 15 is 0 Å². The summed E-state index contributed by atoms with van der Waals surface area (Å²) in [7, 11) is 1.39. The van der Waals surface area contributed by atoms with Crippen molar-refractivity contribution in [3.05, 3.63) is 27.1 Å². The lowest BCUT2D eigenvalue weighted by Crippen LogP contribution is -2.29. The number of methoxy groups -OCH3 is 1. The van der Waals surface area contributed by atoms with Crippen molar-refractivity contribution in [3.63, 3.8) is 0 Å². The Hall–Kier alpha value is -2.44. The molecule has 0 spiro atoms. The van der Waals surface area contributed by atoms with Gasteiger partial charge >= 0.3 is 0 Å². The molecule has 7 nitrogen and oxygen atoms in total. The smallest absolute Gasteiger partial charge is 0.294 e. The lowest BCUT2D eigenvalue weighted by molar-refractivity contribution is -0.307. The third-order valence-corrected chi connectivity index (χ3v) is 4.50. The summed E-state index contributed by atoms with van der Waals surface area (Å²) >= 11 is 4.04. The monoisotopic (exact) mass is 424 g/mol. The van der Waals surface area contributed by atoms with E-state index in [0.717, 1.165) is 16.7 Å². The molecule has 1 fully saturated rings. The third-order valence-electron chi connectivity index (χ3n) is 3.01. The van der Waals surface area contributed by atoms with Crippen LogP contribution in [0.15, 0.2) is 21.5 Å². The molecule has 0 aliphatic carbocycles. The second-order valence-corrected chi connectivity index (χ2v) is 6.51. The standard InChI is InChI=1S/C16H12BrNO6S/c1-3-4-18-15(21)12(25-16(18)22)7-9-5-10(17)14(11(6-9)23-2)24-8-13(19)20/h1,5-7H,4,8H2,2H3,(H,19,20)/p-1/b12-7+. The van der Waals surface area contributed by atoms with E-state index in [1.807, 2.05) is 0 Å². The lowest BCUT2D eigenvalue weighted by Gasteiger charge is -2.14. The minimum atomic E-state index is -1.37. The highest BCUT2D eigenvalue weighted by Gasteiger charge is 2.34. The summed E-state index contributed by atoms with van der Waals surface area (Å²) in [5.41, 5.74) is 0.552. The molecule has 0 radical (unpaired) electrons. The first-order chi connectivity index (χ1) is 11.9. The molecule has 130 valence electrons. The number of benzene rings is 1. The van der Waals surface area contributed by atoms with Crippen molar-refractivity contribution in [1.29, 1.82) is 0 Å². The Morgan fingerprint density at radius 1 is 1.48 bits per heavy atom. The van der Waals surface area contributed by atoms with E-state index in [2.05, 4.69) is 21.9 Å². The van der Waals surface area contributed by atoms with Gasteiger partial charge in [-0.25, -0.2) is 0 Å². The summed E-state index contributed by atoms with van der Waals surface area (Å²) in [5.74, 6) is 0.852. The number of thioether (sulfide) groups is 1. The van der Waals surface area contributed by atoms with E-state index in [-0.39, 0.29) is 22.9 Å². The maximum absolute atomic E-state index is 12.2. The molecule has 1 heterocycles. The molecule has 0 N–H and O–H groups in total. The van der Waals surface area contributed by atoms with Gasteiger partial charge < -0.3 is 19.4 Å². The predicted octanol–water partition coefficient (Wildman–Crippen LogP) is 1.26. The summed E-state index contributed by atoms with van der Waals surface area (Å²) in [4.78, 5) is 35.7. The Balaban J connectivity index is 2.33. The van der Waals surface area contributed by atoms with Crippen LogP contribution in [-0.4, -0.2) is 42.3 Å². The fourth-order valence-corrected chi connectivity index (χ4v) is 3.39. The Labute approximate surface area is 156 Å². The van der Waals surface area contributed by atoms with Crippen molar-refractivity contribution in [2.24, 2.45) is 0 Å². The quantitative estimate of drug-likeness (QED) is 0.500. The number of ether oxygens (including phenoxy) is 2. The second-order valence-electron chi connectivity index (χ2n) is 4.67. The lowest BCUT2D eigenvalue weighted by atomic mass is 10.2. The molecule has 0 bridgehead atoms. The van der Waals surface area contributed by atoms with Crippen LogP contribution in [0.25, 0.3) is 6.08 Å². The molecule has 0 aromatic heterocycles. The fraction of sp³-hybridized carbons (Fsp3) is 0.188. The highest BCUT2D eigenvalue weighted by atomic mass is 79.9. The van der Waals surface area contributed by atoms with Gasteiger partial charge in [0.05, 0.1) is 29.0 Å². The Morgan fingerprint density at radius 3 is 2.80 bits per heavy atom. The summed E-state index contributed by atoms with van der Waals surface area (Å²) in [6.07, 6.45) is 6.66. The van der Waals surface area contributed by atoms with Gasteiger partial charge in [0, 0.05) is 0 Å². The number of halogens is 1. The highest BCUT2D eigenvalue weighted by molar-refractivity contribution is 9.10. The molecule has 2 rings (SSSR count). The van der Waals surface area contributed by atoms with Gasteiger partial charge in [0.1, 0.15) is 6.61 Å². The zero-order valence-electron chi connectivity index (χ0n) is 12.9. The number of carbonyl (C=O) groups is 3. The Bertz CT molecular complexity index is 814. The number of hydrogen-bond donors (Lipinski definition) is 0. The van der Waals surface area contributed by atoms with Crippen LogP contribution in [0.3, 0.4) is 0 Å². The van der Waals surface area contributed by atoms with Gasteiger partial charge in [0.15, 0.2) is 11.5 Å². The van der Waals surface area contributed by atoms with E-state index in [0.29, 0.717) is 10.0 Å². The number of hydrogen-bond acceptors (Lipinski definition) is 7. The molecule has 1 aromatic rings. The number of amides is 2. The second kappa shape index (κ2) is 8.09. The minimum absolute atomic E-state index is 0.0922. The van der Waals surface area contributed by atoms with E-state index < -0.39 is 23.7 Å². The maximum atomic E-state index is 12.2. The number of rotatable bonds is 6. The first-order valence-corrected chi connectivity index (χ1v) is 8.37. The van der Waals surface area contributed by atoms with E-state index in [9.17, 15) is 19.5 Å². The van der Waals surface area contributed by atoms with Crippen LogP contribution < -0.4 is 14.6 Å². The highest BCUT2D eigenvalue weighted by Crippen LogP contribution is 2.39. The topological polar surface area (TPSA) is 96.0 Å². The van der Waals surface area contributed by atoms with Crippen LogP contribution in [0.2, 0.25) is 0 Å². The molecule has 1 saturated heterocycles. The van der Waals surface area contributed by atoms with E-state index in [1.54, 1.807) is 12.1 Å². The molecule has 0 atom stereocenters. The van der Waals surface area contributed by atoms with Crippen molar-refractivity contribution in [1.82, 2.24) is 4.90 Å². The molecular weight excluding hydrogens is 414 g/mol.